The Bertz CT molecular complexity index is 582. The Labute approximate surface area is 106 Å². The van der Waals surface area contributed by atoms with Crippen LogP contribution in [-0.4, -0.2) is 24.0 Å². The minimum absolute atomic E-state index is 0.379. The molecule has 3 rings (SSSR count). The van der Waals surface area contributed by atoms with E-state index in [2.05, 4.69) is 10.3 Å². The van der Waals surface area contributed by atoms with Crippen LogP contribution in [0.15, 0.2) is 24.4 Å². The van der Waals surface area contributed by atoms with E-state index in [4.69, 9.17) is 5.73 Å². The number of rotatable bonds is 2. The number of piperidine rings is 1. The Morgan fingerprint density at radius 3 is 2.94 bits per heavy atom. The molecule has 1 aliphatic heterocycles. The lowest BCUT2D eigenvalue weighted by Crippen LogP contribution is -2.28. The molecular weight excluding hydrogens is 226 g/mol. The molecule has 1 aromatic heterocycles. The van der Waals surface area contributed by atoms with Gasteiger partial charge in [-0.05, 0) is 43.0 Å². The first-order valence-corrected chi connectivity index (χ1v) is 6.38. The number of amides is 1. The molecular formula is C14H17N3O. The predicted octanol–water partition coefficient (Wildman–Crippen LogP) is 1.73. The molecule has 0 saturated carbocycles. The molecule has 0 bridgehead atoms. The molecule has 0 spiro atoms. The van der Waals surface area contributed by atoms with E-state index < -0.39 is 0 Å². The van der Waals surface area contributed by atoms with Gasteiger partial charge in [-0.15, -0.1) is 0 Å². The number of carbonyl (C=O) groups excluding carboxylic acids is 1. The Balaban J connectivity index is 2.10. The Morgan fingerprint density at radius 1 is 1.33 bits per heavy atom. The second kappa shape index (κ2) is 4.46. The number of primary amides is 1. The number of benzene rings is 1. The molecule has 94 valence electrons. The molecule has 18 heavy (non-hydrogen) atoms. The minimum Gasteiger partial charge on any atom is -0.366 e. The number of H-pyrrole nitrogens is 1. The van der Waals surface area contributed by atoms with Crippen molar-refractivity contribution in [1.82, 2.24) is 10.3 Å². The van der Waals surface area contributed by atoms with E-state index >= 15 is 0 Å². The standard InChI is InChI=1S/C14H17N3O/c15-14(18)12-4-3-10(9-2-1-6-16-8-9)11-5-7-17-13(11)12/h3-5,7,9,16-17H,1-2,6,8H2,(H2,15,18). The van der Waals surface area contributed by atoms with Gasteiger partial charge in [0.15, 0.2) is 0 Å². The molecule has 1 unspecified atom stereocenters. The number of fused-ring (bicyclic) bond motifs is 1. The van der Waals surface area contributed by atoms with Crippen molar-refractivity contribution in [1.29, 1.82) is 0 Å². The van der Waals surface area contributed by atoms with Crippen molar-refractivity contribution in [3.05, 3.63) is 35.5 Å². The summed E-state index contributed by atoms with van der Waals surface area (Å²) in [5, 5.41) is 4.55. The van der Waals surface area contributed by atoms with Gasteiger partial charge in [-0.1, -0.05) is 6.07 Å². The zero-order chi connectivity index (χ0) is 12.5. The number of aromatic amines is 1. The third kappa shape index (κ3) is 1.78. The average molecular weight is 243 g/mol. The number of hydrogen-bond acceptors (Lipinski definition) is 2. The number of carbonyl (C=O) groups is 1. The summed E-state index contributed by atoms with van der Waals surface area (Å²) < 4.78 is 0. The van der Waals surface area contributed by atoms with Gasteiger partial charge in [0.2, 0.25) is 0 Å². The van der Waals surface area contributed by atoms with E-state index in [0.717, 1.165) is 24.0 Å². The first kappa shape index (κ1) is 11.3. The van der Waals surface area contributed by atoms with Crippen LogP contribution in [0.1, 0.15) is 34.7 Å². The summed E-state index contributed by atoms with van der Waals surface area (Å²) in [5.74, 6) is 0.148. The second-order valence-electron chi connectivity index (χ2n) is 4.88. The first-order chi connectivity index (χ1) is 8.77. The summed E-state index contributed by atoms with van der Waals surface area (Å²) in [6, 6.07) is 5.92. The van der Waals surface area contributed by atoms with E-state index in [9.17, 15) is 4.79 Å². The molecule has 1 amide bonds. The molecule has 1 atom stereocenters. The van der Waals surface area contributed by atoms with Gasteiger partial charge < -0.3 is 16.0 Å². The zero-order valence-electron chi connectivity index (χ0n) is 10.2. The van der Waals surface area contributed by atoms with Crippen LogP contribution in [0.3, 0.4) is 0 Å². The summed E-state index contributed by atoms with van der Waals surface area (Å²) in [6.45, 7) is 2.11. The lowest BCUT2D eigenvalue weighted by Gasteiger charge is -2.24. The maximum Gasteiger partial charge on any atom is 0.250 e. The lowest BCUT2D eigenvalue weighted by molar-refractivity contribution is 0.100. The molecule has 2 aromatic rings. The number of hydrogen-bond donors (Lipinski definition) is 3. The van der Waals surface area contributed by atoms with Gasteiger partial charge in [-0.2, -0.15) is 0 Å². The molecule has 0 radical (unpaired) electrons. The van der Waals surface area contributed by atoms with Crippen molar-refractivity contribution >= 4 is 16.8 Å². The van der Waals surface area contributed by atoms with Crippen LogP contribution in [0.5, 0.6) is 0 Å². The zero-order valence-corrected chi connectivity index (χ0v) is 10.2. The summed E-state index contributed by atoms with van der Waals surface area (Å²) >= 11 is 0. The Morgan fingerprint density at radius 2 is 2.22 bits per heavy atom. The molecule has 4 heteroatoms. The smallest absolute Gasteiger partial charge is 0.250 e. The fraction of sp³-hybridized carbons (Fsp3) is 0.357. The number of nitrogens with two attached hydrogens (primary N) is 1. The highest BCUT2D eigenvalue weighted by Crippen LogP contribution is 2.31. The van der Waals surface area contributed by atoms with Crippen molar-refractivity contribution in [3.8, 4) is 0 Å². The third-order valence-corrected chi connectivity index (χ3v) is 3.76. The number of aromatic nitrogens is 1. The van der Waals surface area contributed by atoms with Crippen LogP contribution >= 0.6 is 0 Å². The van der Waals surface area contributed by atoms with Crippen molar-refractivity contribution < 1.29 is 4.79 Å². The van der Waals surface area contributed by atoms with Crippen molar-refractivity contribution in [2.45, 2.75) is 18.8 Å². The van der Waals surface area contributed by atoms with E-state index in [-0.39, 0.29) is 5.91 Å². The van der Waals surface area contributed by atoms with Gasteiger partial charge in [0.1, 0.15) is 0 Å². The van der Waals surface area contributed by atoms with Gasteiger partial charge in [0, 0.05) is 18.1 Å². The van der Waals surface area contributed by atoms with Crippen LogP contribution in [-0.2, 0) is 0 Å². The fourth-order valence-electron chi connectivity index (χ4n) is 2.86. The first-order valence-electron chi connectivity index (χ1n) is 6.38. The summed E-state index contributed by atoms with van der Waals surface area (Å²) in [5.41, 5.74) is 8.14. The van der Waals surface area contributed by atoms with Gasteiger partial charge in [-0.25, -0.2) is 0 Å². The molecule has 1 fully saturated rings. The lowest BCUT2D eigenvalue weighted by atomic mass is 9.88. The summed E-state index contributed by atoms with van der Waals surface area (Å²) in [4.78, 5) is 14.5. The molecule has 1 saturated heterocycles. The van der Waals surface area contributed by atoms with Gasteiger partial charge in [0.05, 0.1) is 11.1 Å². The number of nitrogens with one attached hydrogen (secondary N) is 2. The molecule has 4 N–H and O–H groups in total. The van der Waals surface area contributed by atoms with Crippen molar-refractivity contribution in [2.24, 2.45) is 5.73 Å². The summed E-state index contributed by atoms with van der Waals surface area (Å²) in [6.07, 6.45) is 4.27. The van der Waals surface area contributed by atoms with E-state index in [1.54, 1.807) is 0 Å². The van der Waals surface area contributed by atoms with Crippen LogP contribution in [0.4, 0.5) is 0 Å². The topological polar surface area (TPSA) is 70.9 Å². The maximum absolute atomic E-state index is 11.4. The molecule has 4 nitrogen and oxygen atoms in total. The van der Waals surface area contributed by atoms with Crippen LogP contribution < -0.4 is 11.1 Å². The quantitative estimate of drug-likeness (QED) is 0.751. The van der Waals surface area contributed by atoms with Crippen molar-refractivity contribution in [2.75, 3.05) is 13.1 Å². The Kier molecular flexibility index (Phi) is 2.80. The largest absolute Gasteiger partial charge is 0.366 e. The van der Waals surface area contributed by atoms with E-state index in [1.807, 2.05) is 24.4 Å². The fourth-order valence-corrected chi connectivity index (χ4v) is 2.86. The highest BCUT2D eigenvalue weighted by molar-refractivity contribution is 6.05. The SMILES string of the molecule is NC(=O)c1ccc(C2CCCNC2)c2cc[nH]c12. The molecule has 0 aliphatic carbocycles. The monoisotopic (exact) mass is 243 g/mol. The van der Waals surface area contributed by atoms with Crippen molar-refractivity contribution in [3.63, 3.8) is 0 Å². The maximum atomic E-state index is 11.4. The molecule has 1 aromatic carbocycles. The van der Waals surface area contributed by atoms with Crippen LogP contribution in [0.2, 0.25) is 0 Å². The van der Waals surface area contributed by atoms with Crippen LogP contribution in [0, 0.1) is 0 Å². The third-order valence-electron chi connectivity index (χ3n) is 3.76. The highest BCUT2D eigenvalue weighted by atomic mass is 16.1. The second-order valence-corrected chi connectivity index (χ2v) is 4.88. The molecule has 2 heterocycles. The highest BCUT2D eigenvalue weighted by Gasteiger charge is 2.19. The van der Waals surface area contributed by atoms with Crippen LogP contribution in [0.25, 0.3) is 10.9 Å². The van der Waals surface area contributed by atoms with Gasteiger partial charge >= 0.3 is 0 Å². The Hall–Kier alpha value is -1.81. The normalized spacial score (nSPS) is 20.1. The average Bonchev–Trinajstić information content (AvgIpc) is 2.87. The summed E-state index contributed by atoms with van der Waals surface area (Å²) in [7, 11) is 0. The van der Waals surface area contributed by atoms with Gasteiger partial charge in [0.25, 0.3) is 5.91 Å². The van der Waals surface area contributed by atoms with Gasteiger partial charge in [-0.3, -0.25) is 4.79 Å². The molecule has 1 aliphatic rings. The minimum atomic E-state index is -0.379. The van der Waals surface area contributed by atoms with E-state index in [1.165, 1.54) is 18.4 Å². The van der Waals surface area contributed by atoms with E-state index in [0.29, 0.717) is 11.5 Å². The predicted molar refractivity (Wildman–Crippen MR) is 71.7 cm³/mol.